The zero-order valence-electron chi connectivity index (χ0n) is 9.54. The summed E-state index contributed by atoms with van der Waals surface area (Å²) < 4.78 is 24.1. The molecule has 4 N–H and O–H groups in total. The van der Waals surface area contributed by atoms with Crippen molar-refractivity contribution in [2.45, 2.75) is 18.7 Å². The number of aryl methyl sites for hydroxylation is 1. The fourth-order valence-corrected chi connectivity index (χ4v) is 3.49. The molecule has 1 rings (SSSR count). The van der Waals surface area contributed by atoms with Crippen molar-refractivity contribution in [3.05, 3.63) is 27.2 Å². The van der Waals surface area contributed by atoms with E-state index in [9.17, 15) is 8.42 Å². The van der Waals surface area contributed by atoms with Gasteiger partial charge in [0.05, 0.1) is 5.02 Å². The predicted molar refractivity (Wildman–Crippen MR) is 76.2 cm³/mol. The van der Waals surface area contributed by atoms with Gasteiger partial charge in [-0.25, -0.2) is 8.42 Å². The molecule has 0 aliphatic heterocycles. The van der Waals surface area contributed by atoms with Crippen molar-refractivity contribution in [1.29, 1.82) is 0 Å². The van der Waals surface area contributed by atoms with Crippen LogP contribution in [-0.4, -0.2) is 13.5 Å². The largest absolute Gasteiger partial charge is 0.375 e. The number of nitrogens with one attached hydrogen (secondary N) is 2. The average molecular weight is 328 g/mol. The molecule has 0 spiro atoms. The fourth-order valence-electron chi connectivity index (χ4n) is 1.30. The van der Waals surface area contributed by atoms with E-state index in [1.165, 1.54) is 0 Å². The first-order valence-corrected chi connectivity index (χ1v) is 7.34. The molecule has 9 heteroatoms. The standard InChI is InChI=1S/C9H11Cl2N3O2S2/c1-4-3-6(10)5(2)8(7(4)11)18(15,16)14-13-9(12)17/h3,14H,1-2H3,(H3,12,13,17). The highest BCUT2D eigenvalue weighted by atomic mass is 35.5. The maximum atomic E-state index is 12.1. The number of hydrazine groups is 1. The summed E-state index contributed by atoms with van der Waals surface area (Å²) >= 11 is 16.5. The summed E-state index contributed by atoms with van der Waals surface area (Å²) in [5.74, 6) is 0. The van der Waals surface area contributed by atoms with E-state index in [1.54, 1.807) is 19.9 Å². The van der Waals surface area contributed by atoms with Gasteiger partial charge in [-0.3, -0.25) is 5.43 Å². The number of hydrogen-bond donors (Lipinski definition) is 3. The van der Waals surface area contributed by atoms with E-state index >= 15 is 0 Å². The number of benzene rings is 1. The van der Waals surface area contributed by atoms with Gasteiger partial charge in [0.1, 0.15) is 4.90 Å². The van der Waals surface area contributed by atoms with E-state index < -0.39 is 10.0 Å². The minimum Gasteiger partial charge on any atom is -0.375 e. The van der Waals surface area contributed by atoms with Crippen LogP contribution in [0.3, 0.4) is 0 Å². The van der Waals surface area contributed by atoms with Crippen LogP contribution in [0.5, 0.6) is 0 Å². The summed E-state index contributed by atoms with van der Waals surface area (Å²) in [6.07, 6.45) is 0. The van der Waals surface area contributed by atoms with Crippen molar-refractivity contribution >= 4 is 50.6 Å². The molecule has 5 nitrogen and oxygen atoms in total. The third-order valence-electron chi connectivity index (χ3n) is 2.16. The van der Waals surface area contributed by atoms with Crippen molar-refractivity contribution in [1.82, 2.24) is 10.3 Å². The lowest BCUT2D eigenvalue weighted by Crippen LogP contribution is -2.44. The molecule has 1 aromatic carbocycles. The molecule has 0 amide bonds. The van der Waals surface area contributed by atoms with Gasteiger partial charge in [0.25, 0.3) is 10.0 Å². The van der Waals surface area contributed by atoms with Crippen LogP contribution in [0.4, 0.5) is 0 Å². The smallest absolute Gasteiger partial charge is 0.259 e. The number of thiocarbonyl (C=S) groups is 1. The minimum atomic E-state index is -3.91. The summed E-state index contributed by atoms with van der Waals surface area (Å²) in [6.45, 7) is 3.22. The molecule has 0 heterocycles. The van der Waals surface area contributed by atoms with Gasteiger partial charge in [0, 0.05) is 5.02 Å². The number of hydrogen-bond acceptors (Lipinski definition) is 3. The number of halogens is 2. The monoisotopic (exact) mass is 327 g/mol. The summed E-state index contributed by atoms with van der Waals surface area (Å²) in [4.78, 5) is 1.92. The predicted octanol–water partition coefficient (Wildman–Crippen LogP) is 1.64. The second-order valence-electron chi connectivity index (χ2n) is 3.54. The van der Waals surface area contributed by atoms with Crippen LogP contribution in [0, 0.1) is 13.8 Å². The van der Waals surface area contributed by atoms with Crippen LogP contribution >= 0.6 is 35.4 Å². The van der Waals surface area contributed by atoms with Gasteiger partial charge >= 0.3 is 0 Å². The quantitative estimate of drug-likeness (QED) is 0.580. The fraction of sp³-hybridized carbons (Fsp3) is 0.222. The second-order valence-corrected chi connectivity index (χ2v) is 6.38. The normalized spacial score (nSPS) is 11.3. The Labute approximate surface area is 121 Å². The van der Waals surface area contributed by atoms with Crippen LogP contribution in [0.25, 0.3) is 0 Å². The van der Waals surface area contributed by atoms with Crippen molar-refractivity contribution in [3.8, 4) is 0 Å². The van der Waals surface area contributed by atoms with E-state index in [2.05, 4.69) is 17.6 Å². The second kappa shape index (κ2) is 5.58. The highest BCUT2D eigenvalue weighted by molar-refractivity contribution is 7.89. The Morgan fingerprint density at radius 3 is 2.44 bits per heavy atom. The summed E-state index contributed by atoms with van der Waals surface area (Å²) in [5, 5.41) is 0.216. The molecular weight excluding hydrogens is 317 g/mol. The Bertz CT molecular complexity index is 576. The molecular formula is C9H11Cl2N3O2S2. The highest BCUT2D eigenvalue weighted by Gasteiger charge is 2.23. The number of nitrogens with two attached hydrogens (primary N) is 1. The van der Waals surface area contributed by atoms with Gasteiger partial charge in [-0.2, -0.15) is 0 Å². The van der Waals surface area contributed by atoms with Crippen molar-refractivity contribution in [2.24, 2.45) is 5.73 Å². The topological polar surface area (TPSA) is 84.2 Å². The zero-order valence-corrected chi connectivity index (χ0v) is 12.7. The van der Waals surface area contributed by atoms with Gasteiger partial charge in [0.15, 0.2) is 5.11 Å². The van der Waals surface area contributed by atoms with Gasteiger partial charge in [-0.05, 0) is 43.3 Å². The lowest BCUT2D eigenvalue weighted by Gasteiger charge is -2.14. The van der Waals surface area contributed by atoms with E-state index in [0.717, 1.165) is 0 Å². The van der Waals surface area contributed by atoms with Crippen LogP contribution in [0.2, 0.25) is 10.0 Å². The van der Waals surface area contributed by atoms with Gasteiger partial charge in [-0.15, -0.1) is 4.83 Å². The molecule has 0 saturated carbocycles. The maximum absolute atomic E-state index is 12.1. The molecule has 0 fully saturated rings. The van der Waals surface area contributed by atoms with E-state index in [4.69, 9.17) is 28.9 Å². The van der Waals surface area contributed by atoms with Gasteiger partial charge in [-0.1, -0.05) is 23.2 Å². The number of rotatable bonds is 3. The first-order valence-electron chi connectivity index (χ1n) is 4.69. The molecule has 0 atom stereocenters. The summed E-state index contributed by atoms with van der Waals surface area (Å²) in [7, 11) is -3.91. The van der Waals surface area contributed by atoms with Crippen molar-refractivity contribution in [3.63, 3.8) is 0 Å². The lowest BCUT2D eigenvalue weighted by atomic mass is 10.2. The third-order valence-corrected chi connectivity index (χ3v) is 4.68. The summed E-state index contributed by atoms with van der Waals surface area (Å²) in [5.41, 5.74) is 8.20. The highest BCUT2D eigenvalue weighted by Crippen LogP contribution is 2.32. The zero-order chi connectivity index (χ0) is 14.1. The van der Waals surface area contributed by atoms with E-state index in [1.807, 2.05) is 4.83 Å². The third kappa shape index (κ3) is 3.24. The molecule has 0 aliphatic carbocycles. The van der Waals surface area contributed by atoms with Crippen LogP contribution in [0.15, 0.2) is 11.0 Å². The van der Waals surface area contributed by atoms with Gasteiger partial charge in [0.2, 0.25) is 0 Å². The summed E-state index contributed by atoms with van der Waals surface area (Å²) in [6, 6.07) is 1.60. The molecule has 0 bridgehead atoms. The Morgan fingerprint density at radius 2 is 1.94 bits per heavy atom. The molecule has 0 unspecified atom stereocenters. The maximum Gasteiger partial charge on any atom is 0.259 e. The van der Waals surface area contributed by atoms with E-state index in [0.29, 0.717) is 16.1 Å². The SMILES string of the molecule is Cc1cc(Cl)c(C)c(S(=O)(=O)NNC(N)=S)c1Cl. The Morgan fingerprint density at radius 1 is 1.39 bits per heavy atom. The van der Waals surface area contributed by atoms with Crippen LogP contribution in [-0.2, 0) is 10.0 Å². The molecule has 18 heavy (non-hydrogen) atoms. The Kier molecular flexibility index (Phi) is 4.79. The first-order chi connectivity index (χ1) is 8.16. The minimum absolute atomic E-state index is 0.0992. The first kappa shape index (κ1) is 15.5. The van der Waals surface area contributed by atoms with Crippen LogP contribution < -0.4 is 16.0 Å². The average Bonchev–Trinajstić information content (AvgIpc) is 2.24. The van der Waals surface area contributed by atoms with Gasteiger partial charge < -0.3 is 5.73 Å². The van der Waals surface area contributed by atoms with Crippen molar-refractivity contribution in [2.75, 3.05) is 0 Å². The Hall–Kier alpha value is -0.600. The molecule has 0 radical (unpaired) electrons. The lowest BCUT2D eigenvalue weighted by molar-refractivity contribution is 0.577. The van der Waals surface area contributed by atoms with E-state index in [-0.39, 0.29) is 15.0 Å². The van der Waals surface area contributed by atoms with Crippen molar-refractivity contribution < 1.29 is 8.42 Å². The molecule has 0 saturated heterocycles. The van der Waals surface area contributed by atoms with Crippen LogP contribution in [0.1, 0.15) is 11.1 Å². The molecule has 100 valence electrons. The molecule has 0 aromatic heterocycles. The number of sulfonamides is 1. The Balaban J connectivity index is 3.36. The molecule has 1 aromatic rings. The molecule has 0 aliphatic rings.